The minimum Gasteiger partial charge on any atom is -0.325 e. The summed E-state index contributed by atoms with van der Waals surface area (Å²) in [6, 6.07) is 16.8. The largest absolute Gasteiger partial charge is 0.325 e. The number of amides is 1. The maximum atomic E-state index is 12.4. The fourth-order valence-electron chi connectivity index (χ4n) is 2.51. The highest BCUT2D eigenvalue weighted by atomic mass is 32.2. The zero-order valence-corrected chi connectivity index (χ0v) is 17.7. The van der Waals surface area contributed by atoms with Crippen molar-refractivity contribution in [3.63, 3.8) is 0 Å². The van der Waals surface area contributed by atoms with Gasteiger partial charge in [-0.25, -0.2) is 13.4 Å². The fourth-order valence-corrected chi connectivity index (χ4v) is 4.31. The summed E-state index contributed by atoms with van der Waals surface area (Å²) in [5, 5.41) is 13.4. The molecule has 1 heterocycles. The summed E-state index contributed by atoms with van der Waals surface area (Å²) in [4.78, 5) is 26.3. The van der Waals surface area contributed by atoms with E-state index in [4.69, 9.17) is 0 Å². The van der Waals surface area contributed by atoms with Gasteiger partial charge in [0.1, 0.15) is 5.82 Å². The Hall–Kier alpha value is -3.44. The van der Waals surface area contributed by atoms with E-state index in [2.05, 4.69) is 15.0 Å². The lowest BCUT2D eigenvalue weighted by Crippen LogP contribution is -2.15. The van der Waals surface area contributed by atoms with Crippen LogP contribution in [0.2, 0.25) is 0 Å². The topological polar surface area (TPSA) is 131 Å². The third-order valence-corrected chi connectivity index (χ3v) is 6.38. The number of benzene rings is 2. The molecule has 9 nitrogen and oxygen atoms in total. The Morgan fingerprint density at radius 3 is 2.35 bits per heavy atom. The number of aromatic nitrogens is 1. The Labute approximate surface area is 183 Å². The molecule has 1 amide bonds. The standard InChI is InChI=1S/C20H18N4O5S2/c25-20(14-30-13-15-4-8-17(9-5-15)24(26)27)22-16-6-10-18(11-7-16)31(28,29)23-19-3-1-2-12-21-19/h1-12H,13-14H2,(H,21,23)(H,22,25). The molecule has 0 bridgehead atoms. The molecule has 0 fully saturated rings. The zero-order chi connectivity index (χ0) is 22.3. The minimum atomic E-state index is -3.78. The van der Waals surface area contributed by atoms with E-state index in [1.165, 1.54) is 54.4 Å². The van der Waals surface area contributed by atoms with Gasteiger partial charge < -0.3 is 5.32 Å². The van der Waals surface area contributed by atoms with Gasteiger partial charge in [-0.3, -0.25) is 19.6 Å². The van der Waals surface area contributed by atoms with Crippen molar-refractivity contribution < 1.29 is 18.1 Å². The molecule has 31 heavy (non-hydrogen) atoms. The molecule has 0 aliphatic heterocycles. The van der Waals surface area contributed by atoms with Gasteiger partial charge in [0.15, 0.2) is 0 Å². The monoisotopic (exact) mass is 458 g/mol. The summed E-state index contributed by atoms with van der Waals surface area (Å²) in [5.74, 6) is 0.680. The van der Waals surface area contributed by atoms with E-state index in [1.54, 1.807) is 30.3 Å². The predicted molar refractivity (Wildman–Crippen MR) is 119 cm³/mol. The highest BCUT2D eigenvalue weighted by molar-refractivity contribution is 7.99. The maximum Gasteiger partial charge on any atom is 0.269 e. The summed E-state index contributed by atoms with van der Waals surface area (Å²) >= 11 is 1.36. The van der Waals surface area contributed by atoms with Crippen molar-refractivity contribution in [3.05, 3.63) is 88.6 Å². The third kappa shape index (κ3) is 6.52. The molecule has 0 atom stereocenters. The summed E-state index contributed by atoms with van der Waals surface area (Å²) in [7, 11) is -3.78. The van der Waals surface area contributed by atoms with Crippen LogP contribution in [-0.2, 0) is 20.6 Å². The van der Waals surface area contributed by atoms with Crippen LogP contribution in [-0.4, -0.2) is 30.0 Å². The summed E-state index contributed by atoms with van der Waals surface area (Å²) in [6.07, 6.45) is 1.48. The van der Waals surface area contributed by atoms with Crippen LogP contribution >= 0.6 is 11.8 Å². The number of nitro benzene ring substituents is 1. The highest BCUT2D eigenvalue weighted by Crippen LogP contribution is 2.19. The lowest BCUT2D eigenvalue weighted by atomic mass is 10.2. The molecule has 0 aliphatic carbocycles. The number of non-ortho nitro benzene ring substituents is 1. The molecule has 0 saturated carbocycles. The van der Waals surface area contributed by atoms with E-state index in [-0.39, 0.29) is 28.1 Å². The molecule has 0 radical (unpaired) electrons. The van der Waals surface area contributed by atoms with Gasteiger partial charge in [-0.15, -0.1) is 11.8 Å². The molecule has 3 rings (SSSR count). The first kappa shape index (κ1) is 22.2. The first-order chi connectivity index (χ1) is 14.8. The molecule has 3 aromatic rings. The Kier molecular flexibility index (Phi) is 7.21. The SMILES string of the molecule is O=C(CSCc1ccc([N+](=O)[O-])cc1)Nc1ccc(S(=O)(=O)Nc2ccccn2)cc1. The Bertz CT molecular complexity index is 1150. The molecular formula is C20H18N4O5S2. The van der Waals surface area contributed by atoms with Crippen LogP contribution in [0.5, 0.6) is 0 Å². The lowest BCUT2D eigenvalue weighted by Gasteiger charge is -2.09. The predicted octanol–water partition coefficient (Wildman–Crippen LogP) is 3.66. The van der Waals surface area contributed by atoms with Gasteiger partial charge in [0.2, 0.25) is 5.91 Å². The van der Waals surface area contributed by atoms with Gasteiger partial charge in [0, 0.05) is 29.8 Å². The van der Waals surface area contributed by atoms with E-state index < -0.39 is 14.9 Å². The molecule has 0 spiro atoms. The molecule has 0 aliphatic rings. The number of thioether (sulfide) groups is 1. The van der Waals surface area contributed by atoms with Gasteiger partial charge in [0.25, 0.3) is 15.7 Å². The molecule has 0 saturated heterocycles. The average molecular weight is 459 g/mol. The number of nitrogens with zero attached hydrogens (tertiary/aromatic N) is 2. The first-order valence-electron chi connectivity index (χ1n) is 8.98. The molecule has 2 N–H and O–H groups in total. The van der Waals surface area contributed by atoms with E-state index in [0.717, 1.165) is 5.56 Å². The number of pyridine rings is 1. The zero-order valence-electron chi connectivity index (χ0n) is 16.1. The van der Waals surface area contributed by atoms with Crippen LogP contribution in [0.25, 0.3) is 0 Å². The smallest absolute Gasteiger partial charge is 0.269 e. The second kappa shape index (κ2) is 10.0. The number of sulfonamides is 1. The number of anilines is 2. The van der Waals surface area contributed by atoms with Crippen molar-refractivity contribution in [2.45, 2.75) is 10.6 Å². The number of nitro groups is 1. The van der Waals surface area contributed by atoms with Crippen LogP contribution in [0, 0.1) is 10.1 Å². The van der Waals surface area contributed by atoms with Crippen molar-refractivity contribution in [2.24, 2.45) is 0 Å². The van der Waals surface area contributed by atoms with E-state index in [1.807, 2.05) is 0 Å². The molecule has 160 valence electrons. The second-order valence-electron chi connectivity index (χ2n) is 6.31. The van der Waals surface area contributed by atoms with Crippen LogP contribution in [0.3, 0.4) is 0 Å². The van der Waals surface area contributed by atoms with Crippen molar-refractivity contribution in [1.29, 1.82) is 0 Å². The first-order valence-corrected chi connectivity index (χ1v) is 11.6. The van der Waals surface area contributed by atoms with Crippen LogP contribution in [0.15, 0.2) is 77.8 Å². The van der Waals surface area contributed by atoms with Crippen LogP contribution < -0.4 is 10.0 Å². The van der Waals surface area contributed by atoms with Crippen molar-refractivity contribution in [1.82, 2.24) is 4.98 Å². The molecule has 2 aromatic carbocycles. The summed E-state index contributed by atoms with van der Waals surface area (Å²) in [5.41, 5.74) is 1.36. The fraction of sp³-hybridized carbons (Fsp3) is 0.100. The molecule has 1 aromatic heterocycles. The number of carbonyl (C=O) groups is 1. The van der Waals surface area contributed by atoms with Gasteiger partial charge >= 0.3 is 0 Å². The summed E-state index contributed by atoms with van der Waals surface area (Å²) < 4.78 is 27.2. The maximum absolute atomic E-state index is 12.4. The third-order valence-electron chi connectivity index (χ3n) is 4.00. The van der Waals surface area contributed by atoms with Crippen molar-refractivity contribution >= 4 is 44.9 Å². The van der Waals surface area contributed by atoms with Crippen LogP contribution in [0.1, 0.15) is 5.56 Å². The Balaban J connectivity index is 1.50. The number of hydrogen-bond acceptors (Lipinski definition) is 7. The number of rotatable bonds is 9. The molecule has 0 unspecified atom stereocenters. The van der Waals surface area contributed by atoms with E-state index >= 15 is 0 Å². The van der Waals surface area contributed by atoms with Gasteiger partial charge in [-0.05, 0) is 42.0 Å². The Morgan fingerprint density at radius 1 is 1.03 bits per heavy atom. The van der Waals surface area contributed by atoms with Crippen LogP contribution in [0.4, 0.5) is 17.2 Å². The highest BCUT2D eigenvalue weighted by Gasteiger charge is 2.15. The van der Waals surface area contributed by atoms with Gasteiger partial charge in [-0.1, -0.05) is 18.2 Å². The number of carbonyl (C=O) groups excluding carboxylic acids is 1. The quantitative estimate of drug-likeness (QED) is 0.369. The lowest BCUT2D eigenvalue weighted by molar-refractivity contribution is -0.384. The Morgan fingerprint density at radius 2 is 1.74 bits per heavy atom. The van der Waals surface area contributed by atoms with Gasteiger partial charge in [-0.2, -0.15) is 0 Å². The van der Waals surface area contributed by atoms with Gasteiger partial charge in [0.05, 0.1) is 15.6 Å². The number of nitrogens with one attached hydrogen (secondary N) is 2. The second-order valence-corrected chi connectivity index (χ2v) is 8.98. The van der Waals surface area contributed by atoms with Crippen molar-refractivity contribution in [2.75, 3.05) is 15.8 Å². The average Bonchev–Trinajstić information content (AvgIpc) is 2.75. The number of hydrogen-bond donors (Lipinski definition) is 2. The summed E-state index contributed by atoms with van der Waals surface area (Å²) in [6.45, 7) is 0. The molecule has 11 heteroatoms. The minimum absolute atomic E-state index is 0.0205. The normalized spacial score (nSPS) is 11.0. The van der Waals surface area contributed by atoms with E-state index in [0.29, 0.717) is 11.4 Å². The van der Waals surface area contributed by atoms with E-state index in [9.17, 15) is 23.3 Å². The molecular weight excluding hydrogens is 440 g/mol. The van der Waals surface area contributed by atoms with Crippen molar-refractivity contribution in [3.8, 4) is 0 Å².